The summed E-state index contributed by atoms with van der Waals surface area (Å²) >= 11 is 0. The van der Waals surface area contributed by atoms with Gasteiger partial charge < -0.3 is 4.74 Å². The van der Waals surface area contributed by atoms with Crippen LogP contribution in [0, 0.1) is 18.8 Å². The number of esters is 1. The van der Waals surface area contributed by atoms with Crippen LogP contribution in [0.25, 0.3) is 5.69 Å². The molecule has 4 nitrogen and oxygen atoms in total. The van der Waals surface area contributed by atoms with Crippen molar-refractivity contribution in [3.05, 3.63) is 47.8 Å². The molecule has 4 heteroatoms. The quantitative estimate of drug-likeness (QED) is 0.802. The predicted molar refractivity (Wildman–Crippen MR) is 75.9 cm³/mol. The van der Waals surface area contributed by atoms with Crippen LogP contribution in [0.4, 0.5) is 0 Å². The molecule has 2 aromatic rings. The number of aryl methyl sites for hydroxylation is 1. The lowest BCUT2D eigenvalue weighted by atomic mass is 10.3. The second kappa shape index (κ2) is 5.12. The average Bonchev–Trinajstić information content (AvgIpc) is 3.02. The fourth-order valence-electron chi connectivity index (χ4n) is 2.29. The highest BCUT2D eigenvalue weighted by Crippen LogP contribution is 2.37. The maximum atomic E-state index is 12.0. The van der Waals surface area contributed by atoms with Gasteiger partial charge in [0.1, 0.15) is 0 Å². The van der Waals surface area contributed by atoms with Gasteiger partial charge in [0.15, 0.2) is 5.69 Å². The van der Waals surface area contributed by atoms with Crippen LogP contribution in [0.3, 0.4) is 0 Å². The van der Waals surface area contributed by atoms with Crippen molar-refractivity contribution in [3.8, 4) is 5.69 Å². The Bertz CT molecular complexity index is 619. The number of para-hydroxylation sites is 1. The predicted octanol–water partition coefficient (Wildman–Crippen LogP) is 2.99. The Morgan fingerprint density at radius 1 is 1.40 bits per heavy atom. The van der Waals surface area contributed by atoms with E-state index in [2.05, 4.69) is 12.0 Å². The summed E-state index contributed by atoms with van der Waals surface area (Å²) in [5, 5.41) is 4.34. The van der Waals surface area contributed by atoms with Gasteiger partial charge in [-0.1, -0.05) is 25.1 Å². The van der Waals surface area contributed by atoms with Gasteiger partial charge in [0, 0.05) is 5.69 Å². The molecule has 1 fully saturated rings. The Morgan fingerprint density at radius 2 is 2.10 bits per heavy atom. The third kappa shape index (κ3) is 2.59. The van der Waals surface area contributed by atoms with E-state index in [9.17, 15) is 4.79 Å². The number of aromatic nitrogens is 2. The lowest BCUT2D eigenvalue weighted by Gasteiger charge is -2.03. The second-order valence-corrected chi connectivity index (χ2v) is 5.49. The molecule has 0 amide bonds. The van der Waals surface area contributed by atoms with Crippen LogP contribution in [0.5, 0.6) is 0 Å². The molecule has 1 heterocycles. The summed E-state index contributed by atoms with van der Waals surface area (Å²) in [6.07, 6.45) is 1.16. The highest BCUT2D eigenvalue weighted by Gasteiger charge is 2.33. The first-order valence-electron chi connectivity index (χ1n) is 6.94. The van der Waals surface area contributed by atoms with Crippen molar-refractivity contribution in [1.29, 1.82) is 0 Å². The van der Waals surface area contributed by atoms with E-state index in [1.165, 1.54) is 0 Å². The van der Waals surface area contributed by atoms with Crippen LogP contribution in [0.1, 0.15) is 29.5 Å². The minimum absolute atomic E-state index is 0.332. The lowest BCUT2D eigenvalue weighted by molar-refractivity contribution is 0.0474. The van der Waals surface area contributed by atoms with Crippen LogP contribution in [0.15, 0.2) is 36.4 Å². The minimum atomic E-state index is -0.332. The van der Waals surface area contributed by atoms with Gasteiger partial charge in [-0.25, -0.2) is 9.48 Å². The number of rotatable bonds is 4. The maximum Gasteiger partial charge on any atom is 0.358 e. The van der Waals surface area contributed by atoms with E-state index < -0.39 is 0 Å². The first kappa shape index (κ1) is 12.9. The Hall–Kier alpha value is -2.10. The molecule has 20 heavy (non-hydrogen) atoms. The topological polar surface area (TPSA) is 44.1 Å². The zero-order chi connectivity index (χ0) is 14.1. The average molecular weight is 270 g/mol. The molecule has 1 aliphatic rings. The summed E-state index contributed by atoms with van der Waals surface area (Å²) in [5.41, 5.74) is 2.24. The fraction of sp³-hybridized carbons (Fsp3) is 0.375. The standard InChI is InChI=1S/C16H18N2O2/c1-11-8-13(11)10-20-16(19)15-9-12(2)18(17-15)14-6-4-3-5-7-14/h3-7,9,11,13H,8,10H2,1-2H3. The number of ether oxygens (including phenoxy) is 1. The van der Waals surface area contributed by atoms with Gasteiger partial charge in [-0.15, -0.1) is 0 Å². The maximum absolute atomic E-state index is 12.0. The summed E-state index contributed by atoms with van der Waals surface area (Å²) in [6.45, 7) is 4.61. The Labute approximate surface area is 118 Å². The molecule has 1 aliphatic carbocycles. The van der Waals surface area contributed by atoms with Crippen LogP contribution in [0.2, 0.25) is 0 Å². The summed E-state index contributed by atoms with van der Waals surface area (Å²) in [7, 11) is 0. The van der Waals surface area contributed by atoms with Crippen molar-refractivity contribution in [3.63, 3.8) is 0 Å². The van der Waals surface area contributed by atoms with Crippen LogP contribution >= 0.6 is 0 Å². The zero-order valence-corrected chi connectivity index (χ0v) is 11.7. The molecule has 0 saturated heterocycles. The van der Waals surface area contributed by atoms with Crippen LogP contribution < -0.4 is 0 Å². The molecule has 1 saturated carbocycles. The number of hydrogen-bond acceptors (Lipinski definition) is 3. The smallest absolute Gasteiger partial charge is 0.358 e. The molecule has 2 unspecified atom stereocenters. The van der Waals surface area contributed by atoms with Gasteiger partial charge >= 0.3 is 5.97 Å². The molecular weight excluding hydrogens is 252 g/mol. The Kier molecular flexibility index (Phi) is 3.30. The van der Waals surface area contributed by atoms with Crippen molar-refractivity contribution < 1.29 is 9.53 Å². The molecule has 3 rings (SSSR count). The number of nitrogens with zero attached hydrogens (tertiary/aromatic N) is 2. The van der Waals surface area contributed by atoms with E-state index in [4.69, 9.17) is 4.74 Å². The van der Waals surface area contributed by atoms with E-state index in [0.717, 1.165) is 17.8 Å². The highest BCUT2D eigenvalue weighted by atomic mass is 16.5. The zero-order valence-electron chi connectivity index (χ0n) is 11.7. The van der Waals surface area contributed by atoms with Gasteiger partial charge in [-0.2, -0.15) is 5.10 Å². The summed E-state index contributed by atoms with van der Waals surface area (Å²) in [5.74, 6) is 0.893. The highest BCUT2D eigenvalue weighted by molar-refractivity contribution is 5.87. The summed E-state index contributed by atoms with van der Waals surface area (Å²) in [4.78, 5) is 12.0. The normalized spacial score (nSPS) is 20.7. The molecule has 2 atom stereocenters. The van der Waals surface area contributed by atoms with Crippen molar-refractivity contribution in [1.82, 2.24) is 9.78 Å². The van der Waals surface area contributed by atoms with Crippen molar-refractivity contribution >= 4 is 5.97 Å². The molecular formula is C16H18N2O2. The second-order valence-electron chi connectivity index (χ2n) is 5.49. The largest absolute Gasteiger partial charge is 0.461 e. The Balaban J connectivity index is 1.73. The number of hydrogen-bond donors (Lipinski definition) is 0. The molecule has 0 radical (unpaired) electrons. The number of carbonyl (C=O) groups excluding carboxylic acids is 1. The van der Waals surface area contributed by atoms with E-state index in [0.29, 0.717) is 24.1 Å². The van der Waals surface area contributed by atoms with E-state index in [-0.39, 0.29) is 5.97 Å². The lowest BCUT2D eigenvalue weighted by Crippen LogP contribution is -2.09. The van der Waals surface area contributed by atoms with Crippen molar-refractivity contribution in [2.24, 2.45) is 11.8 Å². The molecule has 1 aromatic heterocycles. The van der Waals surface area contributed by atoms with Gasteiger partial charge in [0.05, 0.1) is 12.3 Å². The van der Waals surface area contributed by atoms with Gasteiger partial charge in [-0.3, -0.25) is 0 Å². The number of carbonyl (C=O) groups is 1. The molecule has 0 N–H and O–H groups in total. The van der Waals surface area contributed by atoms with Crippen molar-refractivity contribution in [2.45, 2.75) is 20.3 Å². The minimum Gasteiger partial charge on any atom is -0.461 e. The third-order valence-corrected chi connectivity index (χ3v) is 3.80. The molecule has 104 valence electrons. The molecule has 0 spiro atoms. The van der Waals surface area contributed by atoms with Crippen LogP contribution in [-0.4, -0.2) is 22.4 Å². The first-order valence-corrected chi connectivity index (χ1v) is 6.94. The summed E-state index contributed by atoms with van der Waals surface area (Å²) in [6, 6.07) is 11.5. The van der Waals surface area contributed by atoms with E-state index in [1.807, 2.05) is 37.3 Å². The van der Waals surface area contributed by atoms with Crippen molar-refractivity contribution in [2.75, 3.05) is 6.61 Å². The monoisotopic (exact) mass is 270 g/mol. The third-order valence-electron chi connectivity index (χ3n) is 3.80. The SMILES string of the molecule is Cc1cc(C(=O)OCC2CC2C)nn1-c1ccccc1. The van der Waals surface area contributed by atoms with Gasteiger partial charge in [0.25, 0.3) is 0 Å². The molecule has 0 aliphatic heterocycles. The number of benzene rings is 1. The van der Waals surface area contributed by atoms with Gasteiger partial charge in [-0.05, 0) is 43.4 Å². The molecule has 1 aromatic carbocycles. The first-order chi connectivity index (χ1) is 9.65. The molecule has 0 bridgehead atoms. The van der Waals surface area contributed by atoms with E-state index >= 15 is 0 Å². The fourth-order valence-corrected chi connectivity index (χ4v) is 2.29. The van der Waals surface area contributed by atoms with E-state index in [1.54, 1.807) is 10.7 Å². The Morgan fingerprint density at radius 3 is 2.75 bits per heavy atom. The van der Waals surface area contributed by atoms with Crippen LogP contribution in [-0.2, 0) is 4.74 Å². The van der Waals surface area contributed by atoms with Gasteiger partial charge in [0.2, 0.25) is 0 Å². The summed E-state index contributed by atoms with van der Waals surface area (Å²) < 4.78 is 7.07.